The summed E-state index contributed by atoms with van der Waals surface area (Å²) < 4.78 is 47.1. The third-order valence-electron chi connectivity index (χ3n) is 3.62. The highest BCUT2D eigenvalue weighted by atomic mass is 32.2. The van der Waals surface area contributed by atoms with E-state index in [1.807, 2.05) is 20.8 Å². The first-order chi connectivity index (χ1) is 13.0. The SMILES string of the molecule is CN(CCOCCOCCCc1ccc(S(=O)(=O)O)cc1)C(=O)OC(C)(C)C. The van der Waals surface area contributed by atoms with E-state index >= 15 is 0 Å². The topological polar surface area (TPSA) is 102 Å². The van der Waals surface area contributed by atoms with E-state index in [0.29, 0.717) is 33.0 Å². The Morgan fingerprint density at radius 1 is 1.04 bits per heavy atom. The van der Waals surface area contributed by atoms with E-state index in [-0.39, 0.29) is 11.0 Å². The maximum atomic E-state index is 11.8. The molecule has 1 aromatic carbocycles. The smallest absolute Gasteiger partial charge is 0.410 e. The lowest BCUT2D eigenvalue weighted by molar-refractivity contribution is 0.0158. The van der Waals surface area contributed by atoms with Crippen molar-refractivity contribution in [2.45, 2.75) is 44.1 Å². The van der Waals surface area contributed by atoms with Crippen LogP contribution in [0, 0.1) is 0 Å². The maximum absolute atomic E-state index is 11.8. The van der Waals surface area contributed by atoms with E-state index in [9.17, 15) is 13.2 Å². The number of benzene rings is 1. The van der Waals surface area contributed by atoms with Crippen LogP contribution >= 0.6 is 0 Å². The van der Waals surface area contributed by atoms with Crippen molar-refractivity contribution in [2.75, 3.05) is 40.0 Å². The van der Waals surface area contributed by atoms with Gasteiger partial charge < -0.3 is 19.1 Å². The van der Waals surface area contributed by atoms with Gasteiger partial charge in [-0.3, -0.25) is 4.55 Å². The number of carbonyl (C=O) groups is 1. The number of carbonyl (C=O) groups excluding carboxylic acids is 1. The van der Waals surface area contributed by atoms with Gasteiger partial charge in [-0.05, 0) is 51.3 Å². The fraction of sp³-hybridized carbons (Fsp3) is 0.632. The van der Waals surface area contributed by atoms with Gasteiger partial charge in [0.1, 0.15) is 5.60 Å². The minimum atomic E-state index is -4.15. The predicted molar refractivity (Wildman–Crippen MR) is 105 cm³/mol. The zero-order chi connectivity index (χ0) is 21.2. The quantitative estimate of drug-likeness (QED) is 0.436. The summed E-state index contributed by atoms with van der Waals surface area (Å²) in [6.45, 7) is 7.75. The Hall–Kier alpha value is -1.68. The molecule has 0 bridgehead atoms. The molecule has 0 aliphatic rings. The van der Waals surface area contributed by atoms with Gasteiger partial charge >= 0.3 is 6.09 Å². The van der Waals surface area contributed by atoms with Crippen LogP contribution in [0.3, 0.4) is 0 Å². The number of nitrogens with zero attached hydrogens (tertiary/aromatic N) is 1. The number of amides is 1. The zero-order valence-corrected chi connectivity index (χ0v) is 17.8. The largest absolute Gasteiger partial charge is 0.444 e. The van der Waals surface area contributed by atoms with Crippen LogP contribution in [0.2, 0.25) is 0 Å². The summed E-state index contributed by atoms with van der Waals surface area (Å²) in [4.78, 5) is 13.1. The molecule has 0 radical (unpaired) electrons. The molecule has 1 aromatic rings. The maximum Gasteiger partial charge on any atom is 0.410 e. The summed E-state index contributed by atoms with van der Waals surface area (Å²) in [6, 6.07) is 6.11. The molecule has 0 atom stereocenters. The average Bonchev–Trinajstić information content (AvgIpc) is 2.58. The summed E-state index contributed by atoms with van der Waals surface area (Å²) in [7, 11) is -2.48. The summed E-state index contributed by atoms with van der Waals surface area (Å²) >= 11 is 0. The highest BCUT2D eigenvalue weighted by Crippen LogP contribution is 2.11. The van der Waals surface area contributed by atoms with Gasteiger partial charge in [0, 0.05) is 20.2 Å². The minimum absolute atomic E-state index is 0.109. The van der Waals surface area contributed by atoms with Crippen molar-refractivity contribution in [3.05, 3.63) is 29.8 Å². The highest BCUT2D eigenvalue weighted by Gasteiger charge is 2.19. The van der Waals surface area contributed by atoms with Crippen molar-refractivity contribution in [2.24, 2.45) is 0 Å². The molecule has 160 valence electrons. The lowest BCUT2D eigenvalue weighted by Crippen LogP contribution is -2.36. The van der Waals surface area contributed by atoms with Crippen molar-refractivity contribution in [3.8, 4) is 0 Å². The summed E-state index contributed by atoms with van der Waals surface area (Å²) in [5, 5.41) is 0. The van der Waals surface area contributed by atoms with Crippen LogP contribution in [0.5, 0.6) is 0 Å². The summed E-state index contributed by atoms with van der Waals surface area (Å²) in [6.07, 6.45) is 1.15. The van der Waals surface area contributed by atoms with Gasteiger partial charge in [-0.1, -0.05) is 12.1 Å². The van der Waals surface area contributed by atoms with E-state index in [1.54, 1.807) is 19.2 Å². The normalized spacial score (nSPS) is 12.0. The standard InChI is InChI=1S/C19H31NO7S/c1-19(2,3)27-18(21)20(4)11-13-26-15-14-25-12-5-6-16-7-9-17(10-8-16)28(22,23)24/h7-10H,5-6,11-15H2,1-4H3,(H,22,23,24). The van der Waals surface area contributed by atoms with Gasteiger partial charge in [-0.25, -0.2) is 4.79 Å². The number of hydrogen-bond donors (Lipinski definition) is 1. The molecule has 8 nitrogen and oxygen atoms in total. The predicted octanol–water partition coefficient (Wildman–Crippen LogP) is 2.77. The molecule has 0 saturated carbocycles. The lowest BCUT2D eigenvalue weighted by atomic mass is 10.1. The Morgan fingerprint density at radius 2 is 1.61 bits per heavy atom. The Morgan fingerprint density at radius 3 is 2.14 bits per heavy atom. The monoisotopic (exact) mass is 417 g/mol. The Labute approximate surface area is 167 Å². The highest BCUT2D eigenvalue weighted by molar-refractivity contribution is 7.85. The fourth-order valence-electron chi connectivity index (χ4n) is 2.16. The van der Waals surface area contributed by atoms with E-state index < -0.39 is 15.7 Å². The third kappa shape index (κ3) is 10.6. The average molecular weight is 418 g/mol. The van der Waals surface area contributed by atoms with Crippen LogP contribution in [0.25, 0.3) is 0 Å². The van der Waals surface area contributed by atoms with Crippen molar-refractivity contribution in [3.63, 3.8) is 0 Å². The second kappa shape index (κ2) is 11.4. The molecule has 28 heavy (non-hydrogen) atoms. The van der Waals surface area contributed by atoms with Gasteiger partial charge in [0.2, 0.25) is 0 Å². The molecule has 0 saturated heterocycles. The van der Waals surface area contributed by atoms with Gasteiger partial charge in [0.05, 0.1) is 24.7 Å². The third-order valence-corrected chi connectivity index (χ3v) is 4.49. The molecule has 0 heterocycles. The van der Waals surface area contributed by atoms with E-state index in [1.165, 1.54) is 17.0 Å². The molecular formula is C19H31NO7S. The fourth-order valence-corrected chi connectivity index (χ4v) is 2.64. The van der Waals surface area contributed by atoms with Crippen molar-refractivity contribution < 1.29 is 32.0 Å². The van der Waals surface area contributed by atoms with Crippen LogP contribution in [0.4, 0.5) is 4.79 Å². The van der Waals surface area contributed by atoms with E-state index in [2.05, 4.69) is 0 Å². The molecule has 0 spiro atoms. The number of aryl methyl sites for hydroxylation is 1. The van der Waals surface area contributed by atoms with Crippen molar-refractivity contribution in [1.29, 1.82) is 0 Å². The Balaban J connectivity index is 2.05. The summed E-state index contributed by atoms with van der Waals surface area (Å²) in [5.74, 6) is 0. The van der Waals surface area contributed by atoms with Crippen molar-refractivity contribution in [1.82, 2.24) is 4.90 Å². The van der Waals surface area contributed by atoms with Crippen LogP contribution in [0.1, 0.15) is 32.8 Å². The van der Waals surface area contributed by atoms with Crippen LogP contribution < -0.4 is 0 Å². The second-order valence-corrected chi connectivity index (χ2v) is 8.77. The Kier molecular flexibility index (Phi) is 9.88. The first kappa shape index (κ1) is 24.4. The van der Waals surface area contributed by atoms with Gasteiger partial charge in [0.15, 0.2) is 0 Å². The van der Waals surface area contributed by atoms with Gasteiger partial charge in [-0.2, -0.15) is 8.42 Å². The van der Waals surface area contributed by atoms with Gasteiger partial charge in [0.25, 0.3) is 10.1 Å². The summed E-state index contributed by atoms with van der Waals surface area (Å²) in [5.41, 5.74) is 0.455. The molecule has 0 aliphatic carbocycles. The molecule has 9 heteroatoms. The zero-order valence-electron chi connectivity index (χ0n) is 17.0. The molecule has 0 aliphatic heterocycles. The first-order valence-corrected chi connectivity index (χ1v) is 10.6. The number of hydrogen-bond acceptors (Lipinski definition) is 6. The Bertz CT molecular complexity index is 696. The number of rotatable bonds is 11. The molecule has 1 N–H and O–H groups in total. The molecule has 0 fully saturated rings. The number of likely N-dealkylation sites (N-methyl/N-ethyl adjacent to an activating group) is 1. The lowest BCUT2D eigenvalue weighted by Gasteiger charge is -2.24. The van der Waals surface area contributed by atoms with E-state index in [0.717, 1.165) is 18.4 Å². The molecule has 1 amide bonds. The molecule has 1 rings (SSSR count). The molecule has 0 unspecified atom stereocenters. The molecule has 0 aromatic heterocycles. The first-order valence-electron chi connectivity index (χ1n) is 9.15. The van der Waals surface area contributed by atoms with Crippen LogP contribution in [-0.4, -0.2) is 69.6 Å². The van der Waals surface area contributed by atoms with Crippen LogP contribution in [-0.2, 0) is 30.7 Å². The van der Waals surface area contributed by atoms with Crippen LogP contribution in [0.15, 0.2) is 29.2 Å². The second-order valence-electron chi connectivity index (χ2n) is 7.35. The van der Waals surface area contributed by atoms with Gasteiger partial charge in [-0.15, -0.1) is 0 Å². The number of ether oxygens (including phenoxy) is 3. The minimum Gasteiger partial charge on any atom is -0.444 e. The van der Waals surface area contributed by atoms with E-state index in [4.69, 9.17) is 18.8 Å². The molecular weight excluding hydrogens is 386 g/mol. The van der Waals surface area contributed by atoms with Crippen molar-refractivity contribution >= 4 is 16.2 Å².